The van der Waals surface area contributed by atoms with E-state index in [1.54, 1.807) is 4.72 Å². The van der Waals surface area contributed by atoms with Crippen molar-refractivity contribution in [3.05, 3.63) is 133 Å². The first-order chi connectivity index (χ1) is 26.6. The number of halogens is 4. The van der Waals surface area contributed by atoms with Crippen LogP contribution < -0.4 is 34.0 Å². The van der Waals surface area contributed by atoms with Gasteiger partial charge in [-0.05, 0) is 53.9 Å². The number of hydrogen-bond acceptors (Lipinski definition) is 9. The third kappa shape index (κ3) is 11.8. The van der Waals surface area contributed by atoms with E-state index in [1.165, 1.54) is 63.0 Å². The van der Waals surface area contributed by atoms with Crippen LogP contribution in [-0.2, 0) is 32.6 Å². The first-order valence-corrected chi connectivity index (χ1v) is 18.0. The standard InChI is InChI=1S/C37H37F4N7O7S/c1-5-11-47(29-7-9-33(54-3)42-21-29)35(49)31(17-23-13-25(38)19-26(39)14-23)44-37(51)46-56(52,53)45-32(18-24-15-27(40)20-28(41)16-24)36(50)48(12-6-2)30-8-10-34(55-4)43-22-30/h5-10,13-16,19-22,31-32,45H,1-2,11-12,17-18H2,3-4H3,(H2,44,46,51)/t31-,32-/m0/s1. The normalized spacial score (nSPS) is 12.1. The summed E-state index contributed by atoms with van der Waals surface area (Å²) in [5.74, 6) is -5.34. The number of nitrogens with one attached hydrogen (secondary N) is 3. The zero-order chi connectivity index (χ0) is 41.0. The lowest BCUT2D eigenvalue weighted by Crippen LogP contribution is -2.57. The zero-order valence-electron chi connectivity index (χ0n) is 30.0. The molecule has 14 nitrogen and oxygen atoms in total. The summed E-state index contributed by atoms with van der Waals surface area (Å²) >= 11 is 0. The molecule has 0 unspecified atom stereocenters. The molecule has 0 saturated carbocycles. The van der Waals surface area contributed by atoms with Gasteiger partial charge in [0.05, 0.1) is 38.0 Å². The van der Waals surface area contributed by atoms with E-state index in [2.05, 4.69) is 28.4 Å². The lowest BCUT2D eigenvalue weighted by molar-refractivity contribution is -0.120. The van der Waals surface area contributed by atoms with Crippen LogP contribution in [0.5, 0.6) is 11.8 Å². The molecule has 0 aliphatic rings. The van der Waals surface area contributed by atoms with Gasteiger partial charge in [0.1, 0.15) is 35.4 Å². The number of nitrogens with zero attached hydrogens (tertiary/aromatic N) is 4. The summed E-state index contributed by atoms with van der Waals surface area (Å²) < 4.78 is 97.6. The molecule has 2 atom stereocenters. The molecule has 4 aromatic rings. The molecule has 56 heavy (non-hydrogen) atoms. The number of hydrogen-bond donors (Lipinski definition) is 3. The predicted molar refractivity (Wildman–Crippen MR) is 198 cm³/mol. The van der Waals surface area contributed by atoms with E-state index in [-0.39, 0.29) is 47.4 Å². The van der Waals surface area contributed by atoms with Crippen LogP contribution in [0.1, 0.15) is 11.1 Å². The van der Waals surface area contributed by atoms with E-state index in [0.29, 0.717) is 12.1 Å². The van der Waals surface area contributed by atoms with Gasteiger partial charge in [0.15, 0.2) is 0 Å². The highest BCUT2D eigenvalue weighted by atomic mass is 32.2. The van der Waals surface area contributed by atoms with Crippen molar-refractivity contribution in [2.24, 2.45) is 0 Å². The Morgan fingerprint density at radius 1 is 0.714 bits per heavy atom. The molecule has 19 heteroatoms. The molecule has 0 saturated heterocycles. The summed E-state index contributed by atoms with van der Waals surface area (Å²) in [6, 6.07) is 5.66. The first kappa shape index (κ1) is 42.4. The van der Waals surface area contributed by atoms with Crippen molar-refractivity contribution in [2.75, 3.05) is 37.1 Å². The lowest BCUT2D eigenvalue weighted by Gasteiger charge is -2.28. The highest BCUT2D eigenvalue weighted by molar-refractivity contribution is 7.88. The molecule has 0 radical (unpaired) electrons. The molecule has 4 amide bonds. The zero-order valence-corrected chi connectivity index (χ0v) is 30.9. The molecule has 0 bridgehead atoms. The molecule has 2 aromatic carbocycles. The molecule has 0 aliphatic carbocycles. The molecular formula is C37H37F4N7O7S. The molecule has 4 rings (SSSR count). The minimum absolute atomic E-state index is 0.0724. The summed E-state index contributed by atoms with van der Waals surface area (Å²) in [5.41, 5.74) is 0.177. The molecule has 3 N–H and O–H groups in total. The fourth-order valence-corrected chi connectivity index (χ4v) is 6.34. The second kappa shape index (κ2) is 19.3. The number of amides is 4. The van der Waals surface area contributed by atoms with Crippen LogP contribution in [0.15, 0.2) is 98.4 Å². The van der Waals surface area contributed by atoms with Crippen molar-refractivity contribution in [1.29, 1.82) is 0 Å². The van der Waals surface area contributed by atoms with Gasteiger partial charge in [-0.2, -0.15) is 13.1 Å². The smallest absolute Gasteiger partial charge is 0.330 e. The summed E-state index contributed by atoms with van der Waals surface area (Å²) in [4.78, 5) is 51.7. The Morgan fingerprint density at radius 3 is 1.50 bits per heavy atom. The lowest BCUT2D eigenvalue weighted by atomic mass is 10.0. The number of anilines is 2. The fraction of sp³-hybridized carbons (Fsp3) is 0.216. The summed E-state index contributed by atoms with van der Waals surface area (Å²) in [6.07, 6.45) is 4.11. The van der Waals surface area contributed by atoms with Crippen molar-refractivity contribution < 1.29 is 49.8 Å². The van der Waals surface area contributed by atoms with Crippen LogP contribution in [0.2, 0.25) is 0 Å². The van der Waals surface area contributed by atoms with Gasteiger partial charge in [0.25, 0.3) is 0 Å². The quantitative estimate of drug-likeness (QED) is 0.0989. The van der Waals surface area contributed by atoms with Crippen LogP contribution in [0.4, 0.5) is 33.7 Å². The molecule has 296 valence electrons. The van der Waals surface area contributed by atoms with Crippen molar-refractivity contribution in [1.82, 2.24) is 24.7 Å². The van der Waals surface area contributed by atoms with E-state index in [4.69, 9.17) is 9.47 Å². The van der Waals surface area contributed by atoms with Gasteiger partial charge in [0.2, 0.25) is 23.6 Å². The van der Waals surface area contributed by atoms with Crippen LogP contribution in [0, 0.1) is 23.3 Å². The van der Waals surface area contributed by atoms with Crippen LogP contribution in [-0.4, -0.2) is 75.6 Å². The molecule has 0 fully saturated rings. The summed E-state index contributed by atoms with van der Waals surface area (Å²) in [7, 11) is -2.30. The highest BCUT2D eigenvalue weighted by Crippen LogP contribution is 2.21. The van der Waals surface area contributed by atoms with Crippen molar-refractivity contribution >= 4 is 39.4 Å². The third-order valence-corrected chi connectivity index (χ3v) is 8.84. The maximum absolute atomic E-state index is 14.2. The van der Waals surface area contributed by atoms with Gasteiger partial charge >= 0.3 is 16.2 Å². The maximum atomic E-state index is 14.2. The number of carbonyl (C=O) groups is 3. The number of rotatable bonds is 18. The van der Waals surface area contributed by atoms with Gasteiger partial charge in [-0.1, -0.05) is 12.2 Å². The average Bonchev–Trinajstić information content (AvgIpc) is 3.14. The van der Waals surface area contributed by atoms with E-state index in [0.717, 1.165) is 34.1 Å². The summed E-state index contributed by atoms with van der Waals surface area (Å²) in [6.45, 7) is 6.95. The van der Waals surface area contributed by atoms with Gasteiger partial charge in [-0.15, -0.1) is 13.2 Å². The van der Waals surface area contributed by atoms with Crippen LogP contribution in [0.3, 0.4) is 0 Å². The van der Waals surface area contributed by atoms with Gasteiger partial charge in [-0.3, -0.25) is 9.59 Å². The molecule has 0 spiro atoms. The Balaban J connectivity index is 1.65. The summed E-state index contributed by atoms with van der Waals surface area (Å²) in [5, 5.41) is 2.23. The van der Waals surface area contributed by atoms with Crippen molar-refractivity contribution in [3.63, 3.8) is 0 Å². The maximum Gasteiger partial charge on any atom is 0.330 e. The van der Waals surface area contributed by atoms with Crippen molar-refractivity contribution in [2.45, 2.75) is 24.9 Å². The van der Waals surface area contributed by atoms with E-state index >= 15 is 0 Å². The topological polar surface area (TPSA) is 172 Å². The van der Waals surface area contributed by atoms with E-state index in [1.807, 2.05) is 4.72 Å². The van der Waals surface area contributed by atoms with Crippen LogP contribution in [0.25, 0.3) is 0 Å². The van der Waals surface area contributed by atoms with Crippen LogP contribution >= 0.6 is 0 Å². The number of pyridine rings is 2. The largest absolute Gasteiger partial charge is 0.481 e. The number of urea groups is 1. The number of methoxy groups -OCH3 is 2. The number of benzene rings is 2. The fourth-order valence-electron chi connectivity index (χ4n) is 5.42. The Bertz CT molecular complexity index is 2120. The first-order valence-electron chi connectivity index (χ1n) is 16.5. The Labute approximate surface area is 320 Å². The third-order valence-electron chi connectivity index (χ3n) is 7.79. The van der Waals surface area contributed by atoms with Gasteiger partial charge in [0, 0.05) is 43.8 Å². The Kier molecular flexibility index (Phi) is 14.6. The van der Waals surface area contributed by atoms with E-state index < -0.39 is 76.2 Å². The van der Waals surface area contributed by atoms with Crippen molar-refractivity contribution in [3.8, 4) is 11.8 Å². The second-order valence-corrected chi connectivity index (χ2v) is 13.3. The minimum atomic E-state index is -5.05. The number of aromatic nitrogens is 2. The number of ether oxygens (including phenoxy) is 2. The van der Waals surface area contributed by atoms with E-state index in [9.17, 15) is 40.4 Å². The highest BCUT2D eigenvalue weighted by Gasteiger charge is 2.33. The molecule has 2 heterocycles. The SMILES string of the molecule is C=CCN(C(=O)[C@H](Cc1cc(F)cc(F)c1)NC(=O)NS(=O)(=O)N[C@@H](Cc1cc(F)cc(F)c1)C(=O)N(CC=C)c1ccc(OC)nc1)c1ccc(OC)nc1. The molecular weight excluding hydrogens is 763 g/mol. The van der Waals surface area contributed by atoms with Gasteiger partial charge in [-0.25, -0.2) is 37.0 Å². The Morgan fingerprint density at radius 2 is 1.12 bits per heavy atom. The number of carbonyl (C=O) groups excluding carboxylic acids is 3. The van der Waals surface area contributed by atoms with Gasteiger partial charge < -0.3 is 24.6 Å². The second-order valence-electron chi connectivity index (χ2n) is 11.9. The predicted octanol–water partition coefficient (Wildman–Crippen LogP) is 4.14. The minimum Gasteiger partial charge on any atom is -0.481 e. The monoisotopic (exact) mass is 799 g/mol. The molecule has 2 aromatic heterocycles. The Hall–Kier alpha value is -6.34. The average molecular weight is 800 g/mol. The molecule has 0 aliphatic heterocycles.